The molecule has 0 aromatic heterocycles. The second kappa shape index (κ2) is 41.6. The largest absolute Gasteiger partial charge is 0.460 e. The molecule has 1 atom stereocenters. The molecule has 15 heteroatoms. The van der Waals surface area contributed by atoms with Crippen molar-refractivity contribution in [3.63, 3.8) is 0 Å². The van der Waals surface area contributed by atoms with Gasteiger partial charge in [-0.2, -0.15) is 0 Å². The predicted molar refractivity (Wildman–Crippen MR) is 209 cm³/mol. The van der Waals surface area contributed by atoms with Crippen LogP contribution in [-0.2, 0) is 61.6 Å². The number of anilines is 1. The van der Waals surface area contributed by atoms with Crippen molar-refractivity contribution in [2.45, 2.75) is 40.0 Å². The van der Waals surface area contributed by atoms with E-state index >= 15 is 0 Å². The molecule has 0 fully saturated rings. The summed E-state index contributed by atoms with van der Waals surface area (Å²) >= 11 is 0. The highest BCUT2D eigenvalue weighted by molar-refractivity contribution is 5.89. The first-order valence-corrected chi connectivity index (χ1v) is 20.1. The fourth-order valence-corrected chi connectivity index (χ4v) is 4.23. The normalized spacial score (nSPS) is 12.0. The van der Waals surface area contributed by atoms with Crippen molar-refractivity contribution in [3.05, 3.63) is 29.8 Å². The Morgan fingerprint density at radius 1 is 0.473 bits per heavy atom. The maximum Gasteiger partial charge on any atom is 0.338 e. The van der Waals surface area contributed by atoms with Crippen LogP contribution in [0.15, 0.2) is 24.3 Å². The summed E-state index contributed by atoms with van der Waals surface area (Å²) in [5.41, 5.74) is 1.51. The molecule has 0 saturated heterocycles. The van der Waals surface area contributed by atoms with Crippen molar-refractivity contribution in [2.24, 2.45) is 5.92 Å². The lowest BCUT2D eigenvalue weighted by atomic mass is 10.1. The number of hydrogen-bond donors (Lipinski definition) is 1. The topological polar surface area (TPSA) is 149 Å². The number of benzene rings is 1. The van der Waals surface area contributed by atoms with Crippen LogP contribution in [0.4, 0.5) is 5.69 Å². The summed E-state index contributed by atoms with van der Waals surface area (Å²) in [6, 6.07) is 7.29. The average molecular weight is 792 g/mol. The highest BCUT2D eigenvalue weighted by Crippen LogP contribution is 2.11. The van der Waals surface area contributed by atoms with Gasteiger partial charge < -0.3 is 66.9 Å². The van der Waals surface area contributed by atoms with E-state index in [-0.39, 0.29) is 12.6 Å². The first kappa shape index (κ1) is 51.0. The summed E-state index contributed by atoms with van der Waals surface area (Å²) in [5.74, 6) is 0.230. The maximum absolute atomic E-state index is 12.1. The predicted octanol–water partition coefficient (Wildman–Crippen LogP) is 4.30. The molecular weight excluding hydrogens is 718 g/mol. The van der Waals surface area contributed by atoms with E-state index in [9.17, 15) is 4.79 Å². The quantitative estimate of drug-likeness (QED) is 0.0739. The molecule has 55 heavy (non-hydrogen) atoms. The molecule has 1 rings (SSSR count). The molecular formula is C40H73NO14. The Morgan fingerprint density at radius 3 is 1.09 bits per heavy atom. The van der Waals surface area contributed by atoms with Crippen LogP contribution >= 0.6 is 0 Å². The van der Waals surface area contributed by atoms with E-state index in [1.807, 2.05) is 12.1 Å². The van der Waals surface area contributed by atoms with Crippen LogP contribution in [0, 0.1) is 5.92 Å². The molecule has 0 amide bonds. The maximum atomic E-state index is 12.1. The van der Waals surface area contributed by atoms with Gasteiger partial charge in [-0.3, -0.25) is 0 Å². The van der Waals surface area contributed by atoms with Gasteiger partial charge in [0.25, 0.3) is 0 Å². The van der Waals surface area contributed by atoms with Crippen LogP contribution in [0.2, 0.25) is 0 Å². The molecule has 0 aliphatic carbocycles. The first-order valence-electron chi connectivity index (χ1n) is 20.1. The Labute approximate surface area is 330 Å². The third-order valence-corrected chi connectivity index (χ3v) is 7.63. The molecule has 1 unspecified atom stereocenters. The second-order valence-corrected chi connectivity index (χ2v) is 12.3. The highest BCUT2D eigenvalue weighted by atomic mass is 16.6. The lowest BCUT2D eigenvalue weighted by Gasteiger charge is -2.10. The van der Waals surface area contributed by atoms with Crippen LogP contribution in [0.25, 0.3) is 0 Å². The van der Waals surface area contributed by atoms with E-state index in [1.54, 1.807) is 12.1 Å². The van der Waals surface area contributed by atoms with Gasteiger partial charge in [0.05, 0.1) is 158 Å². The molecule has 0 aliphatic rings. The minimum atomic E-state index is -0.362. The van der Waals surface area contributed by atoms with Gasteiger partial charge in [0.15, 0.2) is 0 Å². The zero-order valence-corrected chi connectivity index (χ0v) is 34.1. The fourth-order valence-electron chi connectivity index (χ4n) is 4.23. The summed E-state index contributed by atoms with van der Waals surface area (Å²) < 4.78 is 71.2. The molecule has 0 heterocycles. The standard InChI is InChI=1S/C40H73NO14/c1-4-6-11-41-39-9-7-38(8-10-39)40(42)55-35-34-53-31-30-51-27-26-49-23-22-47-19-18-45-15-14-43-12-13-44-16-17-46-20-21-48-24-25-50-28-29-52-32-33-54-36-37(3)5-2/h7-10,37,41H,4-6,11-36H2,1-3H3. The second-order valence-electron chi connectivity index (χ2n) is 12.3. The monoisotopic (exact) mass is 792 g/mol. The van der Waals surface area contributed by atoms with Gasteiger partial charge in [-0.15, -0.1) is 0 Å². The van der Waals surface area contributed by atoms with Gasteiger partial charge >= 0.3 is 5.97 Å². The molecule has 0 aliphatic heterocycles. The SMILES string of the molecule is CCCCNc1ccc(C(=O)OCCOCCOCCOCCOCCOCCOCCOCCOCCOCCOCCOCCOCC(C)CC)cc1. The zero-order valence-electron chi connectivity index (χ0n) is 34.1. The molecule has 0 radical (unpaired) electrons. The summed E-state index contributed by atoms with van der Waals surface area (Å²) in [6.07, 6.45) is 3.37. The van der Waals surface area contributed by atoms with Crippen molar-refractivity contribution in [3.8, 4) is 0 Å². The van der Waals surface area contributed by atoms with Crippen LogP contribution in [0.1, 0.15) is 50.4 Å². The lowest BCUT2D eigenvalue weighted by molar-refractivity contribution is -0.0290. The van der Waals surface area contributed by atoms with Crippen molar-refractivity contribution >= 4 is 11.7 Å². The minimum Gasteiger partial charge on any atom is -0.460 e. The van der Waals surface area contributed by atoms with Gasteiger partial charge in [0, 0.05) is 18.8 Å². The molecule has 0 bridgehead atoms. The third kappa shape index (κ3) is 36.1. The molecule has 1 aromatic carbocycles. The first-order chi connectivity index (χ1) is 27.2. The van der Waals surface area contributed by atoms with Gasteiger partial charge in [0.1, 0.15) is 6.61 Å². The number of ether oxygens (including phenoxy) is 13. The summed E-state index contributed by atoms with van der Waals surface area (Å²) in [6.45, 7) is 19.8. The van der Waals surface area contributed by atoms with Gasteiger partial charge in [-0.25, -0.2) is 4.79 Å². The third-order valence-electron chi connectivity index (χ3n) is 7.63. The molecule has 322 valence electrons. The molecule has 0 spiro atoms. The number of carbonyl (C=O) groups excluding carboxylic acids is 1. The van der Waals surface area contributed by atoms with Crippen LogP contribution < -0.4 is 5.32 Å². The van der Waals surface area contributed by atoms with Gasteiger partial charge in [-0.05, 0) is 36.6 Å². The Balaban J connectivity index is 1.67. The molecule has 1 N–H and O–H groups in total. The number of unbranched alkanes of at least 4 members (excludes halogenated alkanes) is 1. The number of rotatable bonds is 44. The van der Waals surface area contributed by atoms with Crippen molar-refractivity contribution < 1.29 is 66.4 Å². The van der Waals surface area contributed by atoms with Crippen molar-refractivity contribution in [2.75, 3.05) is 177 Å². The van der Waals surface area contributed by atoms with Crippen molar-refractivity contribution in [1.82, 2.24) is 0 Å². The Bertz CT molecular complexity index is 930. The summed E-state index contributed by atoms with van der Waals surface area (Å²) in [7, 11) is 0. The van der Waals surface area contributed by atoms with Gasteiger partial charge in [0.2, 0.25) is 0 Å². The fraction of sp³-hybridized carbons (Fsp3) is 0.825. The molecule has 15 nitrogen and oxygen atoms in total. The minimum absolute atomic E-state index is 0.189. The summed E-state index contributed by atoms with van der Waals surface area (Å²) in [5, 5.41) is 3.32. The van der Waals surface area contributed by atoms with E-state index in [0.29, 0.717) is 163 Å². The zero-order chi connectivity index (χ0) is 39.5. The van der Waals surface area contributed by atoms with Crippen LogP contribution in [0.3, 0.4) is 0 Å². The van der Waals surface area contributed by atoms with E-state index in [0.717, 1.165) is 38.1 Å². The number of esters is 1. The van der Waals surface area contributed by atoms with Crippen molar-refractivity contribution in [1.29, 1.82) is 0 Å². The van der Waals surface area contributed by atoms with Crippen LogP contribution in [0.5, 0.6) is 0 Å². The smallest absolute Gasteiger partial charge is 0.338 e. The average Bonchev–Trinajstić information content (AvgIpc) is 3.20. The number of hydrogen-bond acceptors (Lipinski definition) is 15. The molecule has 0 saturated carbocycles. The number of carbonyl (C=O) groups is 1. The molecule has 1 aromatic rings. The van der Waals surface area contributed by atoms with E-state index in [1.165, 1.54) is 0 Å². The Kier molecular flexibility index (Phi) is 38.6. The summed E-state index contributed by atoms with van der Waals surface area (Å²) in [4.78, 5) is 12.1. The van der Waals surface area contributed by atoms with E-state index in [4.69, 9.17) is 61.6 Å². The van der Waals surface area contributed by atoms with E-state index < -0.39 is 0 Å². The number of nitrogens with one attached hydrogen (secondary N) is 1. The van der Waals surface area contributed by atoms with E-state index in [2.05, 4.69) is 26.1 Å². The van der Waals surface area contributed by atoms with Gasteiger partial charge in [-0.1, -0.05) is 33.6 Å². The highest BCUT2D eigenvalue weighted by Gasteiger charge is 2.07. The Morgan fingerprint density at radius 2 is 0.782 bits per heavy atom. The lowest BCUT2D eigenvalue weighted by Crippen LogP contribution is -2.16. The van der Waals surface area contributed by atoms with Crippen LogP contribution in [-0.4, -0.2) is 178 Å². The Hall–Kier alpha value is -1.99.